The lowest BCUT2D eigenvalue weighted by Gasteiger charge is -1.94. The Morgan fingerprint density at radius 1 is 1.50 bits per heavy atom. The molecule has 1 heterocycles. The van der Waals surface area contributed by atoms with E-state index in [2.05, 4.69) is 20.1 Å². The number of hydrogen-bond acceptors (Lipinski definition) is 7. The van der Waals surface area contributed by atoms with Gasteiger partial charge in [0.2, 0.25) is 5.69 Å². The van der Waals surface area contributed by atoms with Crippen molar-refractivity contribution in [2.45, 2.75) is 0 Å². The monoisotopic (exact) mass is 188 g/mol. The summed E-state index contributed by atoms with van der Waals surface area (Å²) in [6.45, 7) is 0. The Balaban J connectivity index is 2.78. The van der Waals surface area contributed by atoms with Crippen LogP contribution in [0.25, 0.3) is 0 Å². The van der Waals surface area contributed by atoms with Gasteiger partial charge in [0.05, 0.1) is 0 Å². The maximum Gasteiger partial charge on any atom is 0.412 e. The largest absolute Gasteiger partial charge is 0.412 e. The van der Waals surface area contributed by atoms with E-state index in [1.54, 1.807) is 0 Å². The van der Waals surface area contributed by atoms with Crippen LogP contribution in [0.3, 0.4) is 0 Å². The van der Waals surface area contributed by atoms with Gasteiger partial charge in [-0.15, -0.1) is 5.10 Å². The number of aromatic nitrogens is 2. The highest BCUT2D eigenvalue weighted by molar-refractivity contribution is 7.10. The van der Waals surface area contributed by atoms with Crippen LogP contribution in [0.5, 0.6) is 0 Å². The number of carbonyl (C=O) groups is 2. The lowest BCUT2D eigenvalue weighted by molar-refractivity contribution is 0.0633. The third kappa shape index (κ3) is 1.66. The molecule has 0 bridgehead atoms. The highest BCUT2D eigenvalue weighted by Crippen LogP contribution is 2.12. The highest BCUT2D eigenvalue weighted by atomic mass is 32.1. The van der Waals surface area contributed by atoms with E-state index in [-0.39, 0.29) is 10.7 Å². The van der Waals surface area contributed by atoms with Crippen LogP contribution in [-0.2, 0) is 4.74 Å². The van der Waals surface area contributed by atoms with Crippen molar-refractivity contribution >= 4 is 28.6 Å². The number of amides is 1. The molecule has 0 unspecified atom stereocenters. The molecule has 0 saturated carbocycles. The predicted molar refractivity (Wildman–Crippen MR) is 39.3 cm³/mol. The van der Waals surface area contributed by atoms with Crippen LogP contribution in [0, 0.1) is 0 Å². The van der Waals surface area contributed by atoms with E-state index in [9.17, 15) is 9.59 Å². The summed E-state index contributed by atoms with van der Waals surface area (Å²) in [4.78, 5) is 20.9. The number of nitrogens with two attached hydrogens (primary N) is 2. The third-order valence-electron chi connectivity index (χ3n) is 0.900. The van der Waals surface area contributed by atoms with Crippen LogP contribution >= 0.6 is 11.5 Å². The highest BCUT2D eigenvalue weighted by Gasteiger charge is 2.17. The molecule has 1 aromatic heterocycles. The summed E-state index contributed by atoms with van der Waals surface area (Å²) in [5.41, 5.74) is 9.64. The molecule has 4 N–H and O–H groups in total. The maximum atomic E-state index is 10.8. The van der Waals surface area contributed by atoms with Crippen LogP contribution < -0.4 is 11.5 Å². The van der Waals surface area contributed by atoms with Gasteiger partial charge < -0.3 is 16.2 Å². The quantitative estimate of drug-likeness (QED) is 0.446. The second-order valence-electron chi connectivity index (χ2n) is 1.69. The Kier molecular flexibility index (Phi) is 2.19. The first-order chi connectivity index (χ1) is 5.61. The Morgan fingerprint density at radius 2 is 2.17 bits per heavy atom. The van der Waals surface area contributed by atoms with Gasteiger partial charge in [0.1, 0.15) is 5.00 Å². The molecule has 0 spiro atoms. The number of ether oxygens (including phenoxy) is 1. The van der Waals surface area contributed by atoms with E-state index < -0.39 is 12.1 Å². The van der Waals surface area contributed by atoms with E-state index in [1.165, 1.54) is 0 Å². The molecule has 1 amide bonds. The first-order valence-electron chi connectivity index (χ1n) is 2.70. The van der Waals surface area contributed by atoms with Gasteiger partial charge in [-0.2, -0.15) is 0 Å². The molecule has 64 valence electrons. The minimum atomic E-state index is -1.20. The fourth-order valence-corrected chi connectivity index (χ4v) is 0.900. The molecule has 0 aliphatic rings. The Bertz CT molecular complexity index is 322. The van der Waals surface area contributed by atoms with E-state index in [4.69, 9.17) is 5.73 Å². The molecule has 0 radical (unpaired) electrons. The van der Waals surface area contributed by atoms with Crippen LogP contribution in [0.2, 0.25) is 0 Å². The summed E-state index contributed by atoms with van der Waals surface area (Å²) in [6, 6.07) is 0. The topological polar surface area (TPSA) is 121 Å². The average Bonchev–Trinajstić information content (AvgIpc) is 2.33. The molecule has 0 aliphatic heterocycles. The fourth-order valence-electron chi connectivity index (χ4n) is 0.479. The number of carbonyl (C=O) groups excluding carboxylic acids is 2. The van der Waals surface area contributed by atoms with Gasteiger partial charge in [0.25, 0.3) is 0 Å². The zero-order valence-electron chi connectivity index (χ0n) is 5.68. The van der Waals surface area contributed by atoms with Gasteiger partial charge >= 0.3 is 12.1 Å². The van der Waals surface area contributed by atoms with Gasteiger partial charge in [-0.25, -0.2) is 9.59 Å². The van der Waals surface area contributed by atoms with Gasteiger partial charge in [0.15, 0.2) is 0 Å². The molecule has 0 atom stereocenters. The summed E-state index contributed by atoms with van der Waals surface area (Å²) in [5.74, 6) is -0.992. The summed E-state index contributed by atoms with van der Waals surface area (Å²) in [5, 5.41) is 3.41. The maximum absolute atomic E-state index is 10.8. The molecule has 1 rings (SSSR count). The van der Waals surface area contributed by atoms with Crippen molar-refractivity contribution in [1.29, 1.82) is 0 Å². The second kappa shape index (κ2) is 3.13. The van der Waals surface area contributed by atoms with E-state index in [0.717, 1.165) is 11.5 Å². The summed E-state index contributed by atoms with van der Waals surface area (Å²) in [7, 11) is 0. The van der Waals surface area contributed by atoms with Crippen LogP contribution in [0.1, 0.15) is 10.5 Å². The SMILES string of the molecule is NC(=O)OC(=O)c1nnsc1N. The number of nitrogen functional groups attached to an aromatic ring is 1. The van der Waals surface area contributed by atoms with Crippen molar-refractivity contribution in [3.63, 3.8) is 0 Å². The zero-order chi connectivity index (χ0) is 9.14. The number of nitrogens with zero attached hydrogens (tertiary/aromatic N) is 2. The Morgan fingerprint density at radius 3 is 2.58 bits per heavy atom. The average molecular weight is 188 g/mol. The Hall–Kier alpha value is -1.70. The summed E-state index contributed by atoms with van der Waals surface area (Å²) >= 11 is 0.824. The molecule has 0 saturated heterocycles. The molecule has 12 heavy (non-hydrogen) atoms. The van der Waals surface area contributed by atoms with Crippen LogP contribution in [0.15, 0.2) is 0 Å². The minimum absolute atomic E-state index is 0.0845. The van der Waals surface area contributed by atoms with Crippen LogP contribution in [-0.4, -0.2) is 21.6 Å². The molecule has 0 aromatic carbocycles. The van der Waals surface area contributed by atoms with Crippen molar-refractivity contribution in [2.75, 3.05) is 5.73 Å². The van der Waals surface area contributed by atoms with E-state index >= 15 is 0 Å². The van der Waals surface area contributed by atoms with Crippen molar-refractivity contribution in [1.82, 2.24) is 9.59 Å². The molecular weight excluding hydrogens is 184 g/mol. The first-order valence-corrected chi connectivity index (χ1v) is 3.48. The van der Waals surface area contributed by atoms with Crippen molar-refractivity contribution in [3.8, 4) is 0 Å². The number of primary amides is 1. The number of hydrogen-bond donors (Lipinski definition) is 2. The molecular formula is C4H4N4O3S. The van der Waals surface area contributed by atoms with Crippen molar-refractivity contribution in [3.05, 3.63) is 5.69 Å². The fraction of sp³-hybridized carbons (Fsp3) is 0. The zero-order valence-corrected chi connectivity index (χ0v) is 6.50. The minimum Gasteiger partial charge on any atom is -0.387 e. The molecule has 1 aromatic rings. The lowest BCUT2D eigenvalue weighted by atomic mass is 10.5. The van der Waals surface area contributed by atoms with Gasteiger partial charge in [0, 0.05) is 11.5 Å². The first kappa shape index (κ1) is 8.40. The predicted octanol–water partition coefficient (Wildman–Crippen LogP) is -0.644. The molecule has 0 aliphatic carbocycles. The molecule has 8 heteroatoms. The lowest BCUT2D eigenvalue weighted by Crippen LogP contribution is -2.19. The smallest absolute Gasteiger partial charge is 0.387 e. The summed E-state index contributed by atoms with van der Waals surface area (Å²) < 4.78 is 7.36. The number of esters is 1. The van der Waals surface area contributed by atoms with Crippen molar-refractivity contribution < 1.29 is 14.3 Å². The second-order valence-corrected chi connectivity index (χ2v) is 2.48. The van der Waals surface area contributed by atoms with Gasteiger partial charge in [-0.05, 0) is 0 Å². The van der Waals surface area contributed by atoms with Gasteiger partial charge in [-0.3, -0.25) is 0 Å². The third-order valence-corrected chi connectivity index (χ3v) is 1.45. The number of rotatable bonds is 1. The van der Waals surface area contributed by atoms with Crippen molar-refractivity contribution in [2.24, 2.45) is 5.73 Å². The van der Waals surface area contributed by atoms with Gasteiger partial charge in [-0.1, -0.05) is 4.49 Å². The van der Waals surface area contributed by atoms with E-state index in [0.29, 0.717) is 0 Å². The molecule has 0 fully saturated rings. The standard InChI is InChI=1S/C4H4N4O3S/c5-2-1(7-8-12-2)3(9)11-4(6)10/h5H2,(H2,6,10). The number of anilines is 1. The normalized spacial score (nSPS) is 9.33. The molecule has 7 nitrogen and oxygen atoms in total. The Labute approximate surface area is 70.5 Å². The van der Waals surface area contributed by atoms with E-state index in [1.807, 2.05) is 0 Å². The van der Waals surface area contributed by atoms with Crippen LogP contribution in [0.4, 0.5) is 9.80 Å². The summed E-state index contributed by atoms with van der Waals surface area (Å²) in [6.07, 6.45) is -1.20.